The molecule has 1 aromatic rings. The van der Waals surface area contributed by atoms with Crippen molar-refractivity contribution in [1.82, 2.24) is 0 Å². The second-order valence-corrected chi connectivity index (χ2v) is 10.7. The molecule has 6 heteroatoms. The van der Waals surface area contributed by atoms with Crippen molar-refractivity contribution in [3.05, 3.63) is 53.6 Å². The third kappa shape index (κ3) is 10.7. The van der Waals surface area contributed by atoms with Gasteiger partial charge in [-0.2, -0.15) is 0 Å². The van der Waals surface area contributed by atoms with Crippen LogP contribution in [0.1, 0.15) is 122 Å². The highest BCUT2D eigenvalue weighted by molar-refractivity contribution is 5.74. The average Bonchev–Trinajstić information content (AvgIpc) is 2.93. The van der Waals surface area contributed by atoms with Gasteiger partial charge in [0.25, 0.3) is 0 Å². The predicted octanol–water partition coefficient (Wildman–Crippen LogP) is 8.65. The van der Waals surface area contributed by atoms with Gasteiger partial charge in [-0.3, -0.25) is 0 Å². The largest absolute Gasteiger partial charge is 0.549 e. The fraction of sp³-hybridized carbons (Fsp3) is 0.667. The average molecular weight is 548 g/mol. The van der Waals surface area contributed by atoms with Crippen molar-refractivity contribution in [1.29, 1.82) is 0 Å². The van der Waals surface area contributed by atoms with E-state index in [9.17, 15) is 14.3 Å². The zero-order valence-electron chi connectivity index (χ0n) is 24.2. The van der Waals surface area contributed by atoms with Crippen LogP contribution in [0.25, 0.3) is 0 Å². The monoisotopic (exact) mass is 547 g/mol. The van der Waals surface area contributed by atoms with Gasteiger partial charge in [0.1, 0.15) is 11.6 Å². The first-order valence-corrected chi connectivity index (χ1v) is 15.3. The summed E-state index contributed by atoms with van der Waals surface area (Å²) < 4.78 is 42.9. The lowest BCUT2D eigenvalue weighted by molar-refractivity contribution is -0.309. The lowest BCUT2D eigenvalue weighted by Gasteiger charge is -2.35. The van der Waals surface area contributed by atoms with Crippen molar-refractivity contribution >= 4 is 5.97 Å². The van der Waals surface area contributed by atoms with Gasteiger partial charge >= 0.3 is 0 Å². The number of unbranched alkanes of at least 4 members (excludes halogenated alkanes) is 14. The minimum atomic E-state index is -1.87. The first-order valence-electron chi connectivity index (χ1n) is 15.3. The lowest BCUT2D eigenvalue weighted by atomic mass is 9.83. The fourth-order valence-corrected chi connectivity index (χ4v) is 5.07. The molecule has 39 heavy (non-hydrogen) atoms. The van der Waals surface area contributed by atoms with Crippen molar-refractivity contribution in [3.8, 4) is 5.75 Å². The van der Waals surface area contributed by atoms with Gasteiger partial charge in [-0.05, 0) is 25.0 Å². The molecule has 1 aromatic carbocycles. The van der Waals surface area contributed by atoms with Gasteiger partial charge in [0, 0.05) is 12.2 Å². The van der Waals surface area contributed by atoms with Crippen LogP contribution in [0.15, 0.2) is 48.1 Å². The molecule has 2 atom stereocenters. The quantitative estimate of drug-likeness (QED) is 0.108. The zero-order valence-corrected chi connectivity index (χ0v) is 24.2. The summed E-state index contributed by atoms with van der Waals surface area (Å²) in [5.41, 5.74) is -1.53. The SMILES string of the molecule is CCCCCCCCCCOc1ccccc1C1(OCCCCCCCCCC)C=CC(C(=O)[O-])C(F)=C1F. The molecule has 0 heterocycles. The van der Waals surface area contributed by atoms with Gasteiger partial charge in [0.15, 0.2) is 11.4 Å². The highest BCUT2D eigenvalue weighted by atomic mass is 19.2. The van der Waals surface area contributed by atoms with Crippen LogP contribution in [-0.4, -0.2) is 19.2 Å². The lowest BCUT2D eigenvalue weighted by Crippen LogP contribution is -2.38. The molecule has 0 aromatic heterocycles. The van der Waals surface area contributed by atoms with Crippen LogP contribution in [0.5, 0.6) is 5.75 Å². The summed E-state index contributed by atoms with van der Waals surface area (Å²) in [6, 6.07) is 6.90. The normalized spacial score (nSPS) is 19.0. The molecule has 0 aliphatic heterocycles. The topological polar surface area (TPSA) is 58.6 Å². The highest BCUT2D eigenvalue weighted by Gasteiger charge is 2.44. The summed E-state index contributed by atoms with van der Waals surface area (Å²) in [7, 11) is 0. The first kappa shape index (κ1) is 33.0. The Morgan fingerprint density at radius 2 is 1.31 bits per heavy atom. The summed E-state index contributed by atoms with van der Waals surface area (Å²) in [5.74, 6) is -5.67. The number of carboxylic acid groups (broad SMARTS) is 1. The van der Waals surface area contributed by atoms with E-state index < -0.39 is 29.1 Å². The Kier molecular flexibility index (Phi) is 16.0. The van der Waals surface area contributed by atoms with Gasteiger partial charge in [-0.15, -0.1) is 0 Å². The number of ether oxygens (including phenoxy) is 2. The molecule has 0 saturated carbocycles. The van der Waals surface area contributed by atoms with E-state index in [0.717, 1.165) is 44.6 Å². The molecule has 220 valence electrons. The predicted molar refractivity (Wildman–Crippen MR) is 152 cm³/mol. The number of hydrogen-bond donors (Lipinski definition) is 0. The van der Waals surface area contributed by atoms with Crippen molar-refractivity contribution in [2.24, 2.45) is 5.92 Å². The molecular weight excluding hydrogens is 498 g/mol. The molecule has 0 bridgehead atoms. The number of rotatable bonds is 22. The van der Waals surface area contributed by atoms with E-state index in [1.807, 2.05) is 0 Å². The minimum Gasteiger partial charge on any atom is -0.549 e. The van der Waals surface area contributed by atoms with Crippen LogP contribution in [0.2, 0.25) is 0 Å². The highest BCUT2D eigenvalue weighted by Crippen LogP contribution is 2.46. The Labute approximate surface area is 234 Å². The van der Waals surface area contributed by atoms with E-state index in [-0.39, 0.29) is 6.61 Å². The Balaban J connectivity index is 2.05. The van der Waals surface area contributed by atoms with Gasteiger partial charge in [0.05, 0.1) is 18.5 Å². The summed E-state index contributed by atoms with van der Waals surface area (Å²) >= 11 is 0. The Morgan fingerprint density at radius 3 is 1.87 bits per heavy atom. The van der Waals surface area contributed by atoms with Gasteiger partial charge in [-0.25, -0.2) is 8.78 Å². The third-order valence-electron chi connectivity index (χ3n) is 7.46. The molecule has 1 aliphatic rings. The summed E-state index contributed by atoms with van der Waals surface area (Å²) in [6.07, 6.45) is 20.5. The molecule has 0 fully saturated rings. The zero-order chi connectivity index (χ0) is 28.3. The van der Waals surface area contributed by atoms with E-state index in [4.69, 9.17) is 9.47 Å². The van der Waals surface area contributed by atoms with Crippen LogP contribution in [0.4, 0.5) is 8.78 Å². The molecular formula is C33H49F2O4-. The van der Waals surface area contributed by atoms with Crippen LogP contribution in [-0.2, 0) is 15.1 Å². The number of aliphatic carboxylic acids is 1. The number of carbonyl (C=O) groups is 1. The van der Waals surface area contributed by atoms with E-state index in [2.05, 4.69) is 13.8 Å². The molecule has 2 rings (SSSR count). The molecule has 0 radical (unpaired) electrons. The maximum absolute atomic E-state index is 15.7. The molecule has 1 aliphatic carbocycles. The Hall–Kier alpha value is -2.21. The van der Waals surface area contributed by atoms with Crippen molar-refractivity contribution < 1.29 is 28.2 Å². The van der Waals surface area contributed by atoms with E-state index in [1.54, 1.807) is 24.3 Å². The van der Waals surface area contributed by atoms with Gasteiger partial charge in [-0.1, -0.05) is 128 Å². The van der Waals surface area contributed by atoms with Gasteiger partial charge in [0.2, 0.25) is 0 Å². The van der Waals surface area contributed by atoms with Crippen molar-refractivity contribution in [3.63, 3.8) is 0 Å². The van der Waals surface area contributed by atoms with E-state index in [1.165, 1.54) is 63.9 Å². The number of halogens is 2. The summed E-state index contributed by atoms with van der Waals surface area (Å²) in [4.78, 5) is 11.4. The van der Waals surface area contributed by atoms with Crippen LogP contribution in [0.3, 0.4) is 0 Å². The summed E-state index contributed by atoms with van der Waals surface area (Å²) in [6.45, 7) is 5.07. The molecule has 4 nitrogen and oxygen atoms in total. The standard InChI is InChI=1S/C33H50F2O4/c1-3-5-7-9-11-13-15-19-25-38-29-22-18-17-21-28(29)33(24-23-27(32(36)37)30(34)31(33)35)39-26-20-16-14-12-10-8-6-4-2/h17-18,21-24,27H,3-16,19-20,25-26H2,1-2H3,(H,36,37)/p-1. The van der Waals surface area contributed by atoms with Gasteiger partial charge < -0.3 is 19.4 Å². The second kappa shape index (κ2) is 19.0. The fourth-order valence-electron chi connectivity index (χ4n) is 5.07. The number of para-hydroxylation sites is 1. The molecule has 2 unspecified atom stereocenters. The van der Waals surface area contributed by atoms with E-state index >= 15 is 4.39 Å². The number of hydrogen-bond acceptors (Lipinski definition) is 4. The second-order valence-electron chi connectivity index (χ2n) is 10.7. The van der Waals surface area contributed by atoms with Crippen LogP contribution >= 0.6 is 0 Å². The Bertz CT molecular complexity index is 897. The smallest absolute Gasteiger partial charge is 0.173 e. The summed E-state index contributed by atoms with van der Waals surface area (Å²) in [5, 5.41) is 11.4. The van der Waals surface area contributed by atoms with Crippen LogP contribution in [0, 0.1) is 5.92 Å². The number of carboxylic acids is 1. The molecule has 0 spiro atoms. The number of carbonyl (C=O) groups excluding carboxylic acids is 1. The van der Waals surface area contributed by atoms with Crippen molar-refractivity contribution in [2.45, 2.75) is 122 Å². The maximum atomic E-state index is 15.7. The molecule has 0 amide bonds. The van der Waals surface area contributed by atoms with Crippen LogP contribution < -0.4 is 9.84 Å². The molecule has 0 N–H and O–H groups in total. The Morgan fingerprint density at radius 1 is 0.795 bits per heavy atom. The van der Waals surface area contributed by atoms with E-state index in [0.29, 0.717) is 24.3 Å². The third-order valence-corrected chi connectivity index (χ3v) is 7.46. The molecule has 0 saturated heterocycles. The first-order chi connectivity index (χ1) is 19.0. The maximum Gasteiger partial charge on any atom is 0.173 e. The number of benzene rings is 1. The minimum absolute atomic E-state index is 0.211. The van der Waals surface area contributed by atoms with Crippen molar-refractivity contribution in [2.75, 3.05) is 13.2 Å².